The standard InChI is InChI=1S/C27H32N6O2/c1-19-16-20(2)30-27(29-19)31-23-11-7-10-22(17-23)26(35)33-15-14-32(18-24(33)25(34)28-3)13-12-21-8-5-4-6-9-21/h4-11,16-17,24H,12-15,18H2,1-3H3,(H,28,34)(H,29,30,31)/t24-/m1/s1. The first-order chi connectivity index (χ1) is 16.9. The Labute approximate surface area is 206 Å². The molecule has 0 radical (unpaired) electrons. The zero-order valence-electron chi connectivity index (χ0n) is 20.5. The van der Waals surface area contributed by atoms with E-state index in [1.165, 1.54) is 5.56 Å². The molecular weight excluding hydrogens is 440 g/mol. The fourth-order valence-electron chi connectivity index (χ4n) is 4.42. The molecule has 2 heterocycles. The van der Waals surface area contributed by atoms with E-state index in [1.807, 2.05) is 50.2 Å². The summed E-state index contributed by atoms with van der Waals surface area (Å²) in [5.41, 5.74) is 4.24. The van der Waals surface area contributed by atoms with Gasteiger partial charge >= 0.3 is 0 Å². The van der Waals surface area contributed by atoms with Crippen LogP contribution < -0.4 is 10.6 Å². The summed E-state index contributed by atoms with van der Waals surface area (Å²) in [6.45, 7) is 6.39. The summed E-state index contributed by atoms with van der Waals surface area (Å²) in [6, 6.07) is 18.9. The highest BCUT2D eigenvalue weighted by atomic mass is 16.2. The van der Waals surface area contributed by atoms with Crippen LogP contribution in [0.3, 0.4) is 0 Å². The number of nitrogens with one attached hydrogen (secondary N) is 2. The van der Waals surface area contributed by atoms with E-state index < -0.39 is 6.04 Å². The third-order valence-electron chi connectivity index (χ3n) is 6.18. The molecule has 8 nitrogen and oxygen atoms in total. The second kappa shape index (κ2) is 11.1. The molecular formula is C27H32N6O2. The van der Waals surface area contributed by atoms with Gasteiger partial charge in [-0.2, -0.15) is 0 Å². The fourth-order valence-corrected chi connectivity index (χ4v) is 4.42. The lowest BCUT2D eigenvalue weighted by Gasteiger charge is -2.40. The molecule has 4 rings (SSSR count). The number of aromatic nitrogens is 2. The van der Waals surface area contributed by atoms with Gasteiger partial charge in [-0.15, -0.1) is 0 Å². The van der Waals surface area contributed by atoms with E-state index in [9.17, 15) is 9.59 Å². The van der Waals surface area contributed by atoms with Gasteiger partial charge in [0, 0.05) is 55.9 Å². The van der Waals surface area contributed by atoms with Crippen LogP contribution in [0.1, 0.15) is 27.3 Å². The van der Waals surface area contributed by atoms with Crippen molar-refractivity contribution < 1.29 is 9.59 Å². The molecule has 35 heavy (non-hydrogen) atoms. The van der Waals surface area contributed by atoms with Crippen LogP contribution >= 0.6 is 0 Å². The Kier molecular flexibility index (Phi) is 7.72. The summed E-state index contributed by atoms with van der Waals surface area (Å²) in [5, 5.41) is 5.92. The lowest BCUT2D eigenvalue weighted by Crippen LogP contribution is -2.60. The van der Waals surface area contributed by atoms with Crippen molar-refractivity contribution >= 4 is 23.5 Å². The molecule has 1 atom stereocenters. The van der Waals surface area contributed by atoms with E-state index in [-0.39, 0.29) is 11.8 Å². The predicted octanol–water partition coefficient (Wildman–Crippen LogP) is 2.95. The number of amides is 2. The van der Waals surface area contributed by atoms with E-state index in [2.05, 4.69) is 37.6 Å². The van der Waals surface area contributed by atoms with Crippen molar-refractivity contribution in [3.8, 4) is 0 Å². The third kappa shape index (κ3) is 6.22. The molecule has 2 amide bonds. The zero-order chi connectivity index (χ0) is 24.8. The fraction of sp³-hybridized carbons (Fsp3) is 0.333. The number of anilines is 2. The molecule has 1 aliphatic heterocycles. The minimum Gasteiger partial charge on any atom is -0.357 e. The quantitative estimate of drug-likeness (QED) is 0.550. The monoisotopic (exact) mass is 472 g/mol. The number of carbonyl (C=O) groups is 2. The molecule has 1 fully saturated rings. The summed E-state index contributed by atoms with van der Waals surface area (Å²) in [4.78, 5) is 39.0. The van der Waals surface area contributed by atoms with E-state index in [0.717, 1.165) is 36.6 Å². The van der Waals surface area contributed by atoms with Crippen molar-refractivity contribution in [2.75, 3.05) is 38.5 Å². The highest BCUT2D eigenvalue weighted by molar-refractivity contribution is 5.98. The average Bonchev–Trinajstić information content (AvgIpc) is 2.86. The Morgan fingerprint density at radius 2 is 1.71 bits per heavy atom. The first-order valence-electron chi connectivity index (χ1n) is 11.9. The summed E-state index contributed by atoms with van der Waals surface area (Å²) in [7, 11) is 1.61. The molecule has 0 saturated carbocycles. The highest BCUT2D eigenvalue weighted by Crippen LogP contribution is 2.20. The molecule has 2 aromatic carbocycles. The van der Waals surface area contributed by atoms with Crippen molar-refractivity contribution in [1.82, 2.24) is 25.1 Å². The number of carbonyl (C=O) groups excluding carboxylic acids is 2. The second-order valence-corrected chi connectivity index (χ2v) is 8.84. The number of likely N-dealkylation sites (N-methyl/N-ethyl adjacent to an activating group) is 1. The van der Waals surface area contributed by atoms with Crippen molar-refractivity contribution in [2.24, 2.45) is 0 Å². The normalized spacial score (nSPS) is 16.1. The van der Waals surface area contributed by atoms with Crippen molar-refractivity contribution in [2.45, 2.75) is 26.3 Å². The number of piperazine rings is 1. The van der Waals surface area contributed by atoms with Gasteiger partial charge in [-0.1, -0.05) is 36.4 Å². The Hall–Kier alpha value is -3.78. The van der Waals surface area contributed by atoms with Gasteiger partial charge in [-0.05, 0) is 50.1 Å². The van der Waals surface area contributed by atoms with Crippen LogP contribution in [0.15, 0.2) is 60.7 Å². The molecule has 1 saturated heterocycles. The molecule has 3 aromatic rings. The van der Waals surface area contributed by atoms with Crippen molar-refractivity contribution in [3.63, 3.8) is 0 Å². The predicted molar refractivity (Wildman–Crippen MR) is 137 cm³/mol. The molecule has 1 aromatic heterocycles. The molecule has 0 spiro atoms. The van der Waals surface area contributed by atoms with Gasteiger partial charge in [-0.25, -0.2) is 9.97 Å². The first kappa shape index (κ1) is 24.3. The maximum absolute atomic E-state index is 13.5. The van der Waals surface area contributed by atoms with E-state index in [4.69, 9.17) is 0 Å². The lowest BCUT2D eigenvalue weighted by atomic mass is 10.1. The summed E-state index contributed by atoms with van der Waals surface area (Å²) in [6.07, 6.45) is 0.906. The van der Waals surface area contributed by atoms with Gasteiger partial charge in [0.05, 0.1) is 0 Å². The van der Waals surface area contributed by atoms with E-state index in [1.54, 1.807) is 24.1 Å². The lowest BCUT2D eigenvalue weighted by molar-refractivity contribution is -0.127. The molecule has 0 unspecified atom stereocenters. The van der Waals surface area contributed by atoms with Crippen LogP contribution in [0.25, 0.3) is 0 Å². The number of rotatable bonds is 7. The maximum Gasteiger partial charge on any atom is 0.254 e. The maximum atomic E-state index is 13.5. The minimum absolute atomic E-state index is 0.152. The Bertz CT molecular complexity index is 1160. The van der Waals surface area contributed by atoms with E-state index >= 15 is 0 Å². The van der Waals surface area contributed by atoms with Crippen LogP contribution in [-0.2, 0) is 11.2 Å². The molecule has 1 aliphatic rings. The summed E-state index contributed by atoms with van der Waals surface area (Å²) < 4.78 is 0. The van der Waals surface area contributed by atoms with Gasteiger partial charge in [0.25, 0.3) is 5.91 Å². The van der Waals surface area contributed by atoms with E-state index in [0.29, 0.717) is 24.6 Å². The van der Waals surface area contributed by atoms with Gasteiger partial charge in [-0.3, -0.25) is 14.5 Å². The Morgan fingerprint density at radius 3 is 2.43 bits per heavy atom. The number of aryl methyl sites for hydroxylation is 2. The SMILES string of the molecule is CNC(=O)[C@H]1CN(CCc2ccccc2)CCN1C(=O)c1cccc(Nc2nc(C)cc(C)n2)c1. The summed E-state index contributed by atoms with van der Waals surface area (Å²) in [5.74, 6) is 0.175. The summed E-state index contributed by atoms with van der Waals surface area (Å²) >= 11 is 0. The molecule has 0 bridgehead atoms. The number of benzene rings is 2. The Morgan fingerprint density at radius 1 is 0.971 bits per heavy atom. The zero-order valence-corrected chi connectivity index (χ0v) is 20.5. The van der Waals surface area contributed by atoms with Crippen LogP contribution in [0.2, 0.25) is 0 Å². The number of hydrogen-bond donors (Lipinski definition) is 2. The van der Waals surface area contributed by atoms with Gasteiger partial charge in [0.1, 0.15) is 6.04 Å². The molecule has 182 valence electrons. The van der Waals surface area contributed by atoms with Crippen LogP contribution in [0.4, 0.5) is 11.6 Å². The first-order valence-corrected chi connectivity index (χ1v) is 11.9. The van der Waals surface area contributed by atoms with Gasteiger partial charge in [0.2, 0.25) is 11.9 Å². The number of hydrogen-bond acceptors (Lipinski definition) is 6. The third-order valence-corrected chi connectivity index (χ3v) is 6.18. The average molecular weight is 473 g/mol. The van der Waals surface area contributed by atoms with Crippen LogP contribution in [0.5, 0.6) is 0 Å². The van der Waals surface area contributed by atoms with Crippen LogP contribution in [0, 0.1) is 13.8 Å². The van der Waals surface area contributed by atoms with Crippen molar-refractivity contribution in [1.29, 1.82) is 0 Å². The van der Waals surface area contributed by atoms with Gasteiger partial charge < -0.3 is 15.5 Å². The molecule has 0 aliphatic carbocycles. The van der Waals surface area contributed by atoms with Crippen LogP contribution in [-0.4, -0.2) is 70.9 Å². The molecule has 2 N–H and O–H groups in total. The smallest absolute Gasteiger partial charge is 0.254 e. The molecule has 8 heteroatoms. The van der Waals surface area contributed by atoms with Gasteiger partial charge in [0.15, 0.2) is 0 Å². The second-order valence-electron chi connectivity index (χ2n) is 8.84. The number of nitrogens with zero attached hydrogens (tertiary/aromatic N) is 4. The largest absolute Gasteiger partial charge is 0.357 e. The topological polar surface area (TPSA) is 90.5 Å². The van der Waals surface area contributed by atoms with Crippen molar-refractivity contribution in [3.05, 3.63) is 83.2 Å². The minimum atomic E-state index is -0.545. The highest BCUT2D eigenvalue weighted by Gasteiger charge is 2.35. The Balaban J connectivity index is 1.46.